The van der Waals surface area contributed by atoms with Crippen molar-refractivity contribution in [2.45, 2.75) is 10.6 Å². The summed E-state index contributed by atoms with van der Waals surface area (Å²) < 4.78 is 1.06. The van der Waals surface area contributed by atoms with E-state index >= 15 is 0 Å². The van der Waals surface area contributed by atoms with Crippen molar-refractivity contribution in [3.63, 3.8) is 0 Å². The van der Waals surface area contributed by atoms with Crippen LogP contribution in [-0.4, -0.2) is 4.98 Å². The topological polar surface area (TPSA) is 12.9 Å². The van der Waals surface area contributed by atoms with E-state index < -0.39 is 0 Å². The highest BCUT2D eigenvalue weighted by Crippen LogP contribution is 2.28. The highest BCUT2D eigenvalue weighted by Gasteiger charge is 2.04. The molecule has 0 N–H and O–H groups in total. The highest BCUT2D eigenvalue weighted by atomic mass is 79.9. The molecule has 1 aromatic heterocycles. The van der Waals surface area contributed by atoms with Crippen LogP contribution >= 0.6 is 50.9 Å². The molecule has 0 saturated heterocycles. The molecule has 0 fully saturated rings. The largest absolute Gasteiger partial charge is 0.239 e. The molecular weight excluding hydrogens is 341 g/mol. The van der Waals surface area contributed by atoms with Crippen LogP contribution in [-0.2, 0) is 5.75 Å². The van der Waals surface area contributed by atoms with Gasteiger partial charge in [0.2, 0.25) is 0 Å². The molecule has 0 aliphatic carbocycles. The molecular formula is C12H8BrCl2NS. The van der Waals surface area contributed by atoms with Gasteiger partial charge in [-0.1, -0.05) is 45.2 Å². The van der Waals surface area contributed by atoms with Crippen LogP contribution in [0.3, 0.4) is 0 Å². The molecule has 0 atom stereocenters. The van der Waals surface area contributed by atoms with Crippen LogP contribution in [0, 0.1) is 0 Å². The van der Waals surface area contributed by atoms with Gasteiger partial charge < -0.3 is 0 Å². The Morgan fingerprint density at radius 3 is 2.76 bits per heavy atom. The Labute approximate surface area is 123 Å². The first-order valence-electron chi connectivity index (χ1n) is 4.84. The van der Waals surface area contributed by atoms with E-state index in [9.17, 15) is 0 Å². The van der Waals surface area contributed by atoms with Gasteiger partial charge in [0, 0.05) is 15.1 Å². The monoisotopic (exact) mass is 347 g/mol. The van der Waals surface area contributed by atoms with Crippen molar-refractivity contribution in [2.24, 2.45) is 0 Å². The Balaban J connectivity index is 2.09. The number of thioether (sulfide) groups is 1. The number of hydrogen-bond donors (Lipinski definition) is 0. The van der Waals surface area contributed by atoms with Crippen LogP contribution in [0.4, 0.5) is 0 Å². The first-order valence-corrected chi connectivity index (χ1v) is 7.38. The predicted molar refractivity (Wildman–Crippen MR) is 78.0 cm³/mol. The minimum Gasteiger partial charge on any atom is -0.239 e. The van der Waals surface area contributed by atoms with Crippen molar-refractivity contribution in [2.75, 3.05) is 0 Å². The minimum absolute atomic E-state index is 0.472. The smallest absolute Gasteiger partial charge is 0.129 e. The van der Waals surface area contributed by atoms with Gasteiger partial charge in [-0.15, -0.1) is 11.8 Å². The van der Waals surface area contributed by atoms with Gasteiger partial charge in [0.25, 0.3) is 0 Å². The fraction of sp³-hybridized carbons (Fsp3) is 0.0833. The maximum Gasteiger partial charge on any atom is 0.129 e. The second-order valence-electron chi connectivity index (χ2n) is 3.31. The lowest BCUT2D eigenvalue weighted by Gasteiger charge is -2.04. The summed E-state index contributed by atoms with van der Waals surface area (Å²) in [7, 11) is 0. The third kappa shape index (κ3) is 3.88. The van der Waals surface area contributed by atoms with Gasteiger partial charge in [-0.2, -0.15) is 0 Å². The summed E-state index contributed by atoms with van der Waals surface area (Å²) in [5, 5.41) is 1.12. The second-order valence-corrected chi connectivity index (χ2v) is 6.07. The van der Waals surface area contributed by atoms with Crippen molar-refractivity contribution in [3.8, 4) is 0 Å². The number of nitrogens with zero attached hydrogens (tertiary/aromatic N) is 1. The maximum absolute atomic E-state index is 6.05. The Kier molecular flexibility index (Phi) is 4.74. The van der Waals surface area contributed by atoms with Gasteiger partial charge in [-0.3, -0.25) is 0 Å². The van der Waals surface area contributed by atoms with E-state index in [1.54, 1.807) is 23.9 Å². The minimum atomic E-state index is 0.472. The normalized spacial score (nSPS) is 10.5. The molecule has 1 nitrogen and oxygen atoms in total. The van der Waals surface area contributed by atoms with Gasteiger partial charge >= 0.3 is 0 Å². The third-order valence-corrected chi connectivity index (χ3v) is 4.11. The lowest BCUT2D eigenvalue weighted by atomic mass is 10.4. The number of halogens is 3. The average molecular weight is 349 g/mol. The molecule has 2 aromatic rings. The molecule has 0 bridgehead atoms. The van der Waals surface area contributed by atoms with E-state index in [-0.39, 0.29) is 0 Å². The molecule has 1 aromatic carbocycles. The molecule has 0 amide bonds. The zero-order chi connectivity index (χ0) is 12.3. The zero-order valence-corrected chi connectivity index (χ0v) is 12.6. The molecule has 5 heteroatoms. The number of benzene rings is 1. The van der Waals surface area contributed by atoms with E-state index in [1.807, 2.05) is 18.2 Å². The van der Waals surface area contributed by atoms with Gasteiger partial charge in [0.05, 0.1) is 10.7 Å². The first-order chi connectivity index (χ1) is 8.15. The summed E-state index contributed by atoms with van der Waals surface area (Å²) in [4.78, 5) is 5.38. The lowest BCUT2D eigenvalue weighted by molar-refractivity contribution is 1.17. The van der Waals surface area contributed by atoms with E-state index in [0.29, 0.717) is 15.9 Å². The van der Waals surface area contributed by atoms with Crippen LogP contribution in [0.5, 0.6) is 0 Å². The first kappa shape index (κ1) is 13.2. The Hall–Kier alpha value is -0.220. The fourth-order valence-electron chi connectivity index (χ4n) is 1.27. The molecule has 0 radical (unpaired) electrons. The zero-order valence-electron chi connectivity index (χ0n) is 8.66. The summed E-state index contributed by atoms with van der Waals surface area (Å²) in [5.41, 5.74) is 0.809. The van der Waals surface area contributed by atoms with Gasteiger partial charge in [0.1, 0.15) is 5.15 Å². The summed E-state index contributed by atoms with van der Waals surface area (Å²) >= 11 is 17.0. The van der Waals surface area contributed by atoms with Crippen molar-refractivity contribution in [1.82, 2.24) is 4.98 Å². The quantitative estimate of drug-likeness (QED) is 0.540. The Morgan fingerprint density at radius 2 is 2.00 bits per heavy atom. The predicted octanol–water partition coefficient (Wildman–Crippen LogP) is 5.44. The van der Waals surface area contributed by atoms with Crippen LogP contribution in [0.2, 0.25) is 10.2 Å². The number of aromatic nitrogens is 1. The number of hydrogen-bond acceptors (Lipinski definition) is 2. The molecule has 0 aliphatic heterocycles. The van der Waals surface area contributed by atoms with Crippen molar-refractivity contribution in [3.05, 3.63) is 56.7 Å². The van der Waals surface area contributed by atoms with Crippen LogP contribution in [0.1, 0.15) is 5.69 Å². The third-order valence-electron chi connectivity index (χ3n) is 2.06. The van der Waals surface area contributed by atoms with E-state index in [2.05, 4.69) is 27.0 Å². The van der Waals surface area contributed by atoms with Crippen LogP contribution in [0.15, 0.2) is 45.8 Å². The van der Waals surface area contributed by atoms with Crippen molar-refractivity contribution < 1.29 is 0 Å². The van der Waals surface area contributed by atoms with Crippen molar-refractivity contribution in [1.29, 1.82) is 0 Å². The van der Waals surface area contributed by atoms with Gasteiger partial charge in [-0.25, -0.2) is 4.98 Å². The Bertz CT molecular complexity index is 534. The maximum atomic E-state index is 6.05. The number of pyridine rings is 1. The van der Waals surface area contributed by atoms with Crippen LogP contribution < -0.4 is 0 Å². The molecule has 1 heterocycles. The van der Waals surface area contributed by atoms with E-state index in [4.69, 9.17) is 23.2 Å². The molecule has 88 valence electrons. The Morgan fingerprint density at radius 1 is 1.18 bits per heavy atom. The molecule has 0 aliphatic rings. The highest BCUT2D eigenvalue weighted by molar-refractivity contribution is 9.10. The standard InChI is InChI=1S/C12H8BrCl2NS/c13-8-2-1-3-9(6-8)17-7-11-10(14)4-5-12(15)16-11/h1-6H,7H2. The molecule has 0 unspecified atom stereocenters. The molecule has 17 heavy (non-hydrogen) atoms. The molecule has 2 rings (SSSR count). The van der Waals surface area contributed by atoms with Gasteiger partial charge in [-0.05, 0) is 30.3 Å². The second kappa shape index (κ2) is 6.10. The van der Waals surface area contributed by atoms with Crippen LogP contribution in [0.25, 0.3) is 0 Å². The van der Waals surface area contributed by atoms with Crippen molar-refractivity contribution >= 4 is 50.9 Å². The summed E-state index contributed by atoms with van der Waals surface area (Å²) in [6.07, 6.45) is 0. The lowest BCUT2D eigenvalue weighted by Crippen LogP contribution is -1.88. The summed E-state index contributed by atoms with van der Waals surface area (Å²) in [5.74, 6) is 0.704. The summed E-state index contributed by atoms with van der Waals surface area (Å²) in [6, 6.07) is 11.6. The average Bonchev–Trinajstić information content (AvgIpc) is 2.30. The van der Waals surface area contributed by atoms with E-state index in [0.717, 1.165) is 15.1 Å². The van der Waals surface area contributed by atoms with E-state index in [1.165, 1.54) is 0 Å². The number of rotatable bonds is 3. The summed E-state index contributed by atoms with van der Waals surface area (Å²) in [6.45, 7) is 0. The fourth-order valence-corrected chi connectivity index (χ4v) is 3.14. The van der Waals surface area contributed by atoms with Gasteiger partial charge in [0.15, 0.2) is 0 Å². The molecule has 0 spiro atoms. The SMILES string of the molecule is Clc1ccc(Cl)c(CSc2cccc(Br)c2)n1. The molecule has 0 saturated carbocycles.